The smallest absolute Gasteiger partial charge is 0.223 e. The number of carbonyl (C=O) groups excluding carboxylic acids is 1. The van der Waals surface area contributed by atoms with E-state index in [0.717, 1.165) is 13.0 Å². The second kappa shape index (κ2) is 6.82. The molecule has 2 fully saturated rings. The van der Waals surface area contributed by atoms with Crippen molar-refractivity contribution < 1.29 is 4.79 Å². The summed E-state index contributed by atoms with van der Waals surface area (Å²) in [6.45, 7) is 4.28. The fourth-order valence-electron chi connectivity index (χ4n) is 4.20. The lowest BCUT2D eigenvalue weighted by Crippen LogP contribution is -2.47. The molecule has 2 aliphatic rings. The molecule has 120 valence electrons. The van der Waals surface area contributed by atoms with Crippen molar-refractivity contribution >= 4 is 5.91 Å². The van der Waals surface area contributed by atoms with E-state index in [2.05, 4.69) is 48.0 Å². The number of hydrogen-bond donors (Lipinski definition) is 0. The molecule has 3 rings (SSSR count). The minimum Gasteiger partial charge on any atom is -0.338 e. The highest BCUT2D eigenvalue weighted by Crippen LogP contribution is 2.29. The molecule has 3 nitrogen and oxygen atoms in total. The van der Waals surface area contributed by atoms with E-state index in [4.69, 9.17) is 0 Å². The molecule has 22 heavy (non-hydrogen) atoms. The molecule has 3 heteroatoms. The van der Waals surface area contributed by atoms with Crippen molar-refractivity contribution in [3.8, 4) is 0 Å². The summed E-state index contributed by atoms with van der Waals surface area (Å²) in [4.78, 5) is 17.4. The topological polar surface area (TPSA) is 23.6 Å². The van der Waals surface area contributed by atoms with Gasteiger partial charge in [0.1, 0.15) is 0 Å². The van der Waals surface area contributed by atoms with Gasteiger partial charge in [-0.3, -0.25) is 4.79 Å². The second-order valence-corrected chi connectivity index (χ2v) is 6.91. The monoisotopic (exact) mass is 300 g/mol. The van der Waals surface area contributed by atoms with E-state index in [0.29, 0.717) is 24.4 Å². The summed E-state index contributed by atoms with van der Waals surface area (Å²) in [7, 11) is 2.21. The first kappa shape index (κ1) is 15.5. The SMILES string of the molecule is Cc1ccccc1CCC(=O)N1CCCC1C1CCCN1C. The highest BCUT2D eigenvalue weighted by atomic mass is 16.2. The first-order valence-corrected chi connectivity index (χ1v) is 8.71. The molecule has 1 aromatic rings. The first-order chi connectivity index (χ1) is 10.7. The summed E-state index contributed by atoms with van der Waals surface area (Å²) in [5.41, 5.74) is 2.60. The molecule has 2 heterocycles. The summed E-state index contributed by atoms with van der Waals surface area (Å²) in [5, 5.41) is 0. The van der Waals surface area contributed by atoms with Gasteiger partial charge >= 0.3 is 0 Å². The highest BCUT2D eigenvalue weighted by molar-refractivity contribution is 5.77. The normalized spacial score (nSPS) is 25.8. The Labute approximate surface area is 134 Å². The minimum absolute atomic E-state index is 0.353. The summed E-state index contributed by atoms with van der Waals surface area (Å²) in [6, 6.07) is 9.45. The van der Waals surface area contributed by atoms with Gasteiger partial charge in [-0.25, -0.2) is 0 Å². The van der Waals surface area contributed by atoms with Crippen molar-refractivity contribution in [2.75, 3.05) is 20.1 Å². The number of benzene rings is 1. The van der Waals surface area contributed by atoms with Gasteiger partial charge in [0.2, 0.25) is 5.91 Å². The molecule has 1 aromatic carbocycles. The molecule has 0 saturated carbocycles. The lowest BCUT2D eigenvalue weighted by molar-refractivity contribution is -0.132. The molecular weight excluding hydrogens is 272 g/mol. The molecule has 2 aliphatic heterocycles. The molecule has 2 saturated heterocycles. The Hall–Kier alpha value is -1.35. The van der Waals surface area contributed by atoms with Crippen LogP contribution in [0.25, 0.3) is 0 Å². The molecule has 0 aromatic heterocycles. The average Bonchev–Trinajstić information content (AvgIpc) is 3.14. The molecule has 1 amide bonds. The van der Waals surface area contributed by atoms with Crippen LogP contribution >= 0.6 is 0 Å². The van der Waals surface area contributed by atoms with Crippen molar-refractivity contribution in [2.24, 2.45) is 0 Å². The minimum atomic E-state index is 0.353. The second-order valence-electron chi connectivity index (χ2n) is 6.91. The predicted octanol–water partition coefficient (Wildman–Crippen LogP) is 3.01. The lowest BCUT2D eigenvalue weighted by atomic mass is 10.0. The molecule has 0 aliphatic carbocycles. The van der Waals surface area contributed by atoms with E-state index < -0.39 is 0 Å². The van der Waals surface area contributed by atoms with E-state index in [1.807, 2.05) is 0 Å². The van der Waals surface area contributed by atoms with Crippen LogP contribution in [0.3, 0.4) is 0 Å². The lowest BCUT2D eigenvalue weighted by Gasteiger charge is -2.33. The van der Waals surface area contributed by atoms with Crippen LogP contribution in [0.5, 0.6) is 0 Å². The van der Waals surface area contributed by atoms with Crippen LogP contribution in [0, 0.1) is 6.92 Å². The first-order valence-electron chi connectivity index (χ1n) is 8.71. The Morgan fingerprint density at radius 2 is 1.86 bits per heavy atom. The van der Waals surface area contributed by atoms with Gasteiger partial charge in [-0.2, -0.15) is 0 Å². The largest absolute Gasteiger partial charge is 0.338 e. The molecule has 2 unspecified atom stereocenters. The molecule has 0 bridgehead atoms. The molecule has 2 atom stereocenters. The van der Waals surface area contributed by atoms with E-state index in [1.54, 1.807) is 0 Å². The predicted molar refractivity (Wildman–Crippen MR) is 89.9 cm³/mol. The molecule has 0 N–H and O–H groups in total. The zero-order chi connectivity index (χ0) is 15.5. The Morgan fingerprint density at radius 1 is 1.14 bits per heavy atom. The summed E-state index contributed by atoms with van der Waals surface area (Å²) < 4.78 is 0. The van der Waals surface area contributed by atoms with Gasteiger partial charge < -0.3 is 9.80 Å². The number of rotatable bonds is 4. The quantitative estimate of drug-likeness (QED) is 0.853. The van der Waals surface area contributed by atoms with Gasteiger partial charge in [0, 0.05) is 25.0 Å². The van der Waals surface area contributed by atoms with Crippen molar-refractivity contribution in [1.82, 2.24) is 9.80 Å². The number of likely N-dealkylation sites (N-methyl/N-ethyl adjacent to an activating group) is 1. The maximum Gasteiger partial charge on any atom is 0.223 e. The van der Waals surface area contributed by atoms with Crippen LogP contribution in [-0.2, 0) is 11.2 Å². The standard InChI is InChI=1S/C19H28N2O/c1-15-7-3-4-8-16(15)11-12-19(22)21-14-6-10-18(21)17-9-5-13-20(17)2/h3-4,7-8,17-18H,5-6,9-14H2,1-2H3. The van der Waals surface area contributed by atoms with Crippen LogP contribution in [0.2, 0.25) is 0 Å². The van der Waals surface area contributed by atoms with Crippen LogP contribution < -0.4 is 0 Å². The number of carbonyl (C=O) groups is 1. The van der Waals surface area contributed by atoms with E-state index in [9.17, 15) is 4.79 Å². The fraction of sp³-hybridized carbons (Fsp3) is 0.632. The van der Waals surface area contributed by atoms with E-state index in [-0.39, 0.29) is 0 Å². The Balaban J connectivity index is 1.60. The van der Waals surface area contributed by atoms with Gasteiger partial charge in [-0.15, -0.1) is 0 Å². The fourth-order valence-corrected chi connectivity index (χ4v) is 4.20. The number of aryl methyl sites for hydroxylation is 2. The number of hydrogen-bond acceptors (Lipinski definition) is 2. The molecular formula is C19H28N2O. The van der Waals surface area contributed by atoms with Crippen LogP contribution in [0.15, 0.2) is 24.3 Å². The zero-order valence-electron chi connectivity index (χ0n) is 13.9. The molecule has 0 radical (unpaired) electrons. The third-order valence-corrected chi connectivity index (χ3v) is 5.51. The summed E-state index contributed by atoms with van der Waals surface area (Å²) >= 11 is 0. The van der Waals surface area contributed by atoms with Gasteiger partial charge in [0.25, 0.3) is 0 Å². The average molecular weight is 300 g/mol. The van der Waals surface area contributed by atoms with E-state index in [1.165, 1.54) is 43.4 Å². The van der Waals surface area contributed by atoms with Gasteiger partial charge in [-0.1, -0.05) is 24.3 Å². The number of amides is 1. The maximum absolute atomic E-state index is 12.7. The summed E-state index contributed by atoms with van der Waals surface area (Å²) in [6.07, 6.45) is 6.41. The Morgan fingerprint density at radius 3 is 2.59 bits per heavy atom. The molecule has 0 spiro atoms. The van der Waals surface area contributed by atoms with Crippen molar-refractivity contribution in [3.05, 3.63) is 35.4 Å². The van der Waals surface area contributed by atoms with Crippen molar-refractivity contribution in [1.29, 1.82) is 0 Å². The Bertz CT molecular complexity index is 528. The van der Waals surface area contributed by atoms with Crippen molar-refractivity contribution in [2.45, 2.75) is 57.5 Å². The van der Waals surface area contributed by atoms with E-state index >= 15 is 0 Å². The van der Waals surface area contributed by atoms with Gasteiger partial charge in [-0.05, 0) is 63.7 Å². The van der Waals surface area contributed by atoms with Crippen LogP contribution in [0.1, 0.15) is 43.2 Å². The van der Waals surface area contributed by atoms with Crippen LogP contribution in [0.4, 0.5) is 0 Å². The van der Waals surface area contributed by atoms with Crippen molar-refractivity contribution in [3.63, 3.8) is 0 Å². The summed E-state index contributed by atoms with van der Waals surface area (Å²) in [5.74, 6) is 0.353. The Kier molecular flexibility index (Phi) is 4.82. The third kappa shape index (κ3) is 3.19. The van der Waals surface area contributed by atoms with Crippen LogP contribution in [-0.4, -0.2) is 47.9 Å². The number of likely N-dealkylation sites (tertiary alicyclic amines) is 2. The van der Waals surface area contributed by atoms with Gasteiger partial charge in [0.05, 0.1) is 0 Å². The highest BCUT2D eigenvalue weighted by Gasteiger charge is 2.37. The maximum atomic E-state index is 12.7. The third-order valence-electron chi connectivity index (χ3n) is 5.51. The zero-order valence-corrected chi connectivity index (χ0v) is 13.9. The number of nitrogens with zero attached hydrogens (tertiary/aromatic N) is 2. The van der Waals surface area contributed by atoms with Gasteiger partial charge in [0.15, 0.2) is 0 Å².